The van der Waals surface area contributed by atoms with E-state index in [4.69, 9.17) is 4.74 Å². The van der Waals surface area contributed by atoms with Crippen LogP contribution in [0.1, 0.15) is 45.4 Å². The van der Waals surface area contributed by atoms with Gasteiger partial charge in [0.25, 0.3) is 0 Å². The summed E-state index contributed by atoms with van der Waals surface area (Å²) in [5.41, 5.74) is -1.27. The molecule has 160 valence electrons. The Bertz CT molecular complexity index is 754. The van der Waals surface area contributed by atoms with Gasteiger partial charge in [-0.05, 0) is 63.3 Å². The molecule has 0 unspecified atom stereocenters. The fourth-order valence-electron chi connectivity index (χ4n) is 4.21. The molecule has 29 heavy (non-hydrogen) atoms. The number of carbonyl (C=O) groups is 2. The number of ether oxygens (including phenoxy) is 2. The lowest BCUT2D eigenvalue weighted by Crippen LogP contribution is -2.44. The fraction of sp³-hybridized carbons (Fsp3) is 0.600. The highest BCUT2D eigenvalue weighted by molar-refractivity contribution is 6.00. The molecule has 1 aromatic rings. The number of aliphatic hydroxyl groups is 1. The van der Waals surface area contributed by atoms with E-state index in [1.165, 1.54) is 24.3 Å². The number of carbonyl (C=O) groups excluding carboxylic acids is 2. The maximum absolute atomic E-state index is 13.1. The van der Waals surface area contributed by atoms with Crippen LogP contribution in [0, 0.1) is 5.41 Å². The second kappa shape index (κ2) is 7.85. The van der Waals surface area contributed by atoms with Gasteiger partial charge >= 0.3 is 12.3 Å². The highest BCUT2D eigenvalue weighted by atomic mass is 19.4. The van der Waals surface area contributed by atoms with Crippen molar-refractivity contribution in [1.29, 1.82) is 0 Å². The summed E-state index contributed by atoms with van der Waals surface area (Å²) in [5, 5.41) is 10.7. The number of halogens is 3. The summed E-state index contributed by atoms with van der Waals surface area (Å²) in [6.45, 7) is 2.40. The number of alkyl halides is 3. The number of hydrogen-bond donors (Lipinski definition) is 1. The molecule has 0 radical (unpaired) electrons. The van der Waals surface area contributed by atoms with Crippen LogP contribution in [0.2, 0.25) is 0 Å². The second-order valence-corrected chi connectivity index (χ2v) is 7.73. The monoisotopic (exact) mass is 415 g/mol. The molecule has 1 aliphatic heterocycles. The number of nitrogens with zero attached hydrogens (tertiary/aromatic N) is 1. The molecule has 1 aromatic carbocycles. The molecule has 0 atom stereocenters. The van der Waals surface area contributed by atoms with Crippen molar-refractivity contribution in [1.82, 2.24) is 0 Å². The van der Waals surface area contributed by atoms with Crippen LogP contribution in [0.3, 0.4) is 0 Å². The third-order valence-corrected chi connectivity index (χ3v) is 5.81. The Kier molecular flexibility index (Phi) is 5.80. The van der Waals surface area contributed by atoms with Crippen LogP contribution in [0.25, 0.3) is 0 Å². The Morgan fingerprint density at radius 1 is 1.14 bits per heavy atom. The smallest absolute Gasteiger partial charge is 0.466 e. The van der Waals surface area contributed by atoms with Gasteiger partial charge in [-0.25, -0.2) is 0 Å². The zero-order valence-electron chi connectivity index (χ0n) is 16.1. The molecule has 0 bridgehead atoms. The van der Waals surface area contributed by atoms with Crippen LogP contribution in [-0.4, -0.2) is 42.1 Å². The topological polar surface area (TPSA) is 76.1 Å². The van der Waals surface area contributed by atoms with Gasteiger partial charge in [-0.15, -0.1) is 13.2 Å². The van der Waals surface area contributed by atoms with E-state index in [2.05, 4.69) is 4.74 Å². The minimum absolute atomic E-state index is 0.0878. The van der Waals surface area contributed by atoms with Gasteiger partial charge in [0.2, 0.25) is 5.91 Å². The summed E-state index contributed by atoms with van der Waals surface area (Å²) in [6, 6.07) is 5.22. The van der Waals surface area contributed by atoms with E-state index in [-0.39, 0.29) is 24.7 Å². The number of rotatable bonds is 5. The number of amides is 1. The van der Waals surface area contributed by atoms with Gasteiger partial charge in [0.05, 0.1) is 24.0 Å². The third kappa shape index (κ3) is 4.83. The van der Waals surface area contributed by atoms with Gasteiger partial charge in [-0.3, -0.25) is 9.59 Å². The molecule has 1 N–H and O–H groups in total. The first-order valence-electron chi connectivity index (χ1n) is 9.62. The second-order valence-electron chi connectivity index (χ2n) is 7.73. The Hall–Kier alpha value is -2.29. The van der Waals surface area contributed by atoms with Gasteiger partial charge in [0.1, 0.15) is 5.75 Å². The summed E-state index contributed by atoms with van der Waals surface area (Å²) in [4.78, 5) is 26.3. The quantitative estimate of drug-likeness (QED) is 0.745. The summed E-state index contributed by atoms with van der Waals surface area (Å²) in [7, 11) is 0. The van der Waals surface area contributed by atoms with E-state index in [9.17, 15) is 27.9 Å². The summed E-state index contributed by atoms with van der Waals surface area (Å²) < 4.78 is 45.6. The van der Waals surface area contributed by atoms with Gasteiger partial charge in [0, 0.05) is 12.2 Å². The number of esters is 1. The van der Waals surface area contributed by atoms with Crippen LogP contribution in [0.15, 0.2) is 24.3 Å². The SMILES string of the molecule is CCOC(=O)C[C@]1(O)CC[C@]2(CCN(c3ccc(OC(F)(F)F)cc3)C2=O)CC1. The first kappa shape index (κ1) is 21.4. The molecular formula is C20H24F3NO5. The van der Waals surface area contributed by atoms with E-state index in [1.807, 2.05) is 0 Å². The molecule has 3 rings (SSSR count). The van der Waals surface area contributed by atoms with Gasteiger partial charge in [-0.2, -0.15) is 0 Å². The Balaban J connectivity index is 1.64. The minimum atomic E-state index is -4.77. The lowest BCUT2D eigenvalue weighted by atomic mass is 9.67. The van der Waals surface area contributed by atoms with Crippen molar-refractivity contribution in [3.63, 3.8) is 0 Å². The van der Waals surface area contributed by atoms with E-state index in [0.717, 1.165) is 0 Å². The summed E-state index contributed by atoms with van der Waals surface area (Å²) in [6.07, 6.45) is -2.70. The molecule has 9 heteroatoms. The summed E-state index contributed by atoms with van der Waals surface area (Å²) in [5.74, 6) is -0.893. The van der Waals surface area contributed by atoms with Crippen molar-refractivity contribution in [3.8, 4) is 5.75 Å². The predicted octanol–water partition coefficient (Wildman–Crippen LogP) is 3.57. The average Bonchev–Trinajstić information content (AvgIpc) is 2.94. The lowest BCUT2D eigenvalue weighted by molar-refractivity contribution is -0.274. The van der Waals surface area contributed by atoms with Crippen molar-refractivity contribution < 1.29 is 37.3 Å². The maximum Gasteiger partial charge on any atom is 0.573 e. The Labute approximate surface area is 166 Å². The number of benzene rings is 1. The molecule has 0 aromatic heterocycles. The van der Waals surface area contributed by atoms with E-state index < -0.39 is 23.3 Å². The molecule has 6 nitrogen and oxygen atoms in total. The van der Waals surface area contributed by atoms with E-state index in [0.29, 0.717) is 44.3 Å². The van der Waals surface area contributed by atoms with Crippen molar-refractivity contribution in [3.05, 3.63) is 24.3 Å². The first-order chi connectivity index (χ1) is 13.6. The predicted molar refractivity (Wildman–Crippen MR) is 97.2 cm³/mol. The maximum atomic E-state index is 13.1. The molecule has 1 saturated heterocycles. The number of anilines is 1. The van der Waals surface area contributed by atoms with Crippen LogP contribution in [0.5, 0.6) is 5.75 Å². The Morgan fingerprint density at radius 3 is 2.31 bits per heavy atom. The minimum Gasteiger partial charge on any atom is -0.466 e. The number of hydrogen-bond acceptors (Lipinski definition) is 5. The summed E-state index contributed by atoms with van der Waals surface area (Å²) >= 11 is 0. The normalized spacial score (nSPS) is 27.3. The van der Waals surface area contributed by atoms with Crippen LogP contribution < -0.4 is 9.64 Å². The molecule has 1 heterocycles. The molecule has 2 aliphatic rings. The standard InChI is InChI=1S/C20H24F3NO5/c1-2-28-16(25)13-19(27)9-7-18(8-10-19)11-12-24(17(18)26)14-3-5-15(6-4-14)29-20(21,22)23/h3-6,27H,2,7-13H2,1H3/t18-,19+. The molecular weight excluding hydrogens is 391 g/mol. The van der Waals surface area contributed by atoms with Crippen LogP contribution >= 0.6 is 0 Å². The molecule has 1 saturated carbocycles. The third-order valence-electron chi connectivity index (χ3n) is 5.81. The van der Waals surface area contributed by atoms with Gasteiger partial charge in [-0.1, -0.05) is 0 Å². The van der Waals surface area contributed by atoms with Crippen molar-refractivity contribution in [2.45, 2.75) is 57.4 Å². The van der Waals surface area contributed by atoms with Gasteiger partial charge in [0.15, 0.2) is 0 Å². The van der Waals surface area contributed by atoms with Crippen LogP contribution in [0.4, 0.5) is 18.9 Å². The lowest BCUT2D eigenvalue weighted by Gasteiger charge is -2.40. The Morgan fingerprint density at radius 2 is 1.76 bits per heavy atom. The largest absolute Gasteiger partial charge is 0.573 e. The highest BCUT2D eigenvalue weighted by Crippen LogP contribution is 2.49. The fourth-order valence-corrected chi connectivity index (χ4v) is 4.21. The van der Waals surface area contributed by atoms with Crippen molar-refractivity contribution in [2.75, 3.05) is 18.1 Å². The molecule has 1 amide bonds. The van der Waals surface area contributed by atoms with Gasteiger partial charge < -0.3 is 19.5 Å². The molecule has 1 spiro atoms. The van der Waals surface area contributed by atoms with E-state index in [1.54, 1.807) is 11.8 Å². The van der Waals surface area contributed by atoms with E-state index >= 15 is 0 Å². The highest BCUT2D eigenvalue weighted by Gasteiger charge is 2.52. The first-order valence-corrected chi connectivity index (χ1v) is 9.62. The average molecular weight is 415 g/mol. The van der Waals surface area contributed by atoms with Crippen molar-refractivity contribution in [2.24, 2.45) is 5.41 Å². The zero-order valence-corrected chi connectivity index (χ0v) is 16.1. The van der Waals surface area contributed by atoms with Crippen LogP contribution in [-0.2, 0) is 14.3 Å². The molecule has 1 aliphatic carbocycles. The molecule has 2 fully saturated rings. The zero-order chi connectivity index (χ0) is 21.3. The van der Waals surface area contributed by atoms with Crippen molar-refractivity contribution >= 4 is 17.6 Å².